The third-order valence-corrected chi connectivity index (χ3v) is 3.57. The minimum Gasteiger partial charge on any atom is -0.0843 e. The van der Waals surface area contributed by atoms with Crippen LogP contribution < -0.4 is 0 Å². The van der Waals surface area contributed by atoms with Gasteiger partial charge in [-0.25, -0.2) is 0 Å². The van der Waals surface area contributed by atoms with Crippen molar-refractivity contribution in [3.05, 3.63) is 96.0 Å². The lowest BCUT2D eigenvalue weighted by Crippen LogP contribution is -1.75. The van der Waals surface area contributed by atoms with Crippen molar-refractivity contribution in [2.75, 3.05) is 0 Å². The number of hydrogen-bond donors (Lipinski definition) is 0. The second-order valence-electron chi connectivity index (χ2n) is 4.85. The molecule has 4 aromatic carbocycles. The summed E-state index contributed by atoms with van der Waals surface area (Å²) in [5.74, 6) is 0. The van der Waals surface area contributed by atoms with Crippen LogP contribution in [0.25, 0.3) is 21.5 Å². The predicted molar refractivity (Wildman–Crippen MR) is 92.9 cm³/mol. The topological polar surface area (TPSA) is 0 Å². The molecule has 0 nitrogen and oxygen atoms in total. The SMILES string of the molecule is Clc1ccc2cc3ccccc3cc2c1.c1ccccc1. The number of hydrogen-bond acceptors (Lipinski definition) is 0. The number of halogens is 1. The van der Waals surface area contributed by atoms with Gasteiger partial charge in [-0.05, 0) is 45.8 Å². The zero-order chi connectivity index (χ0) is 14.5. The molecule has 0 aliphatic rings. The minimum atomic E-state index is 0.790. The average Bonchev–Trinajstić information content (AvgIpc) is 2.55. The maximum absolute atomic E-state index is 5.97. The largest absolute Gasteiger partial charge is 0.0843 e. The zero-order valence-electron chi connectivity index (χ0n) is 11.5. The lowest BCUT2D eigenvalue weighted by molar-refractivity contribution is 1.72. The summed E-state index contributed by atoms with van der Waals surface area (Å²) in [6.45, 7) is 0. The molecule has 0 heterocycles. The van der Waals surface area contributed by atoms with Crippen LogP contribution in [-0.2, 0) is 0 Å². The highest BCUT2D eigenvalue weighted by molar-refractivity contribution is 6.31. The summed E-state index contributed by atoms with van der Waals surface area (Å²) in [6.07, 6.45) is 0. The molecule has 0 unspecified atom stereocenters. The normalized spacial score (nSPS) is 10.1. The fourth-order valence-electron chi connectivity index (χ4n) is 2.30. The van der Waals surface area contributed by atoms with E-state index >= 15 is 0 Å². The van der Waals surface area contributed by atoms with E-state index in [9.17, 15) is 0 Å². The van der Waals surface area contributed by atoms with Gasteiger partial charge in [0.25, 0.3) is 0 Å². The van der Waals surface area contributed by atoms with Gasteiger partial charge in [-0.2, -0.15) is 0 Å². The van der Waals surface area contributed by atoms with Crippen molar-refractivity contribution in [3.63, 3.8) is 0 Å². The van der Waals surface area contributed by atoms with Crippen LogP contribution in [0.3, 0.4) is 0 Å². The molecule has 1 heteroatoms. The Morgan fingerprint density at radius 1 is 0.429 bits per heavy atom. The Balaban J connectivity index is 0.000000186. The first kappa shape index (κ1) is 13.7. The molecule has 0 fully saturated rings. The van der Waals surface area contributed by atoms with Crippen molar-refractivity contribution in [1.82, 2.24) is 0 Å². The molecule has 4 aromatic rings. The quantitative estimate of drug-likeness (QED) is 0.332. The third kappa shape index (κ3) is 3.42. The van der Waals surface area contributed by atoms with Crippen LogP contribution in [0.4, 0.5) is 0 Å². The molecule has 0 spiro atoms. The molecule has 102 valence electrons. The van der Waals surface area contributed by atoms with Gasteiger partial charge in [-0.15, -0.1) is 0 Å². The average molecular weight is 291 g/mol. The van der Waals surface area contributed by atoms with Crippen LogP contribution in [0.1, 0.15) is 0 Å². The van der Waals surface area contributed by atoms with Crippen molar-refractivity contribution in [2.24, 2.45) is 0 Å². The van der Waals surface area contributed by atoms with E-state index in [1.54, 1.807) is 0 Å². The third-order valence-electron chi connectivity index (χ3n) is 3.33. The molecule has 0 radical (unpaired) electrons. The van der Waals surface area contributed by atoms with E-state index in [1.165, 1.54) is 21.5 Å². The first-order valence-corrected chi connectivity index (χ1v) is 7.29. The highest BCUT2D eigenvalue weighted by atomic mass is 35.5. The Morgan fingerprint density at radius 3 is 1.48 bits per heavy atom. The van der Waals surface area contributed by atoms with Gasteiger partial charge in [0.05, 0.1) is 0 Å². The van der Waals surface area contributed by atoms with Crippen molar-refractivity contribution in [2.45, 2.75) is 0 Å². The molecular formula is C20H15Cl. The number of fused-ring (bicyclic) bond motifs is 2. The van der Waals surface area contributed by atoms with E-state index in [-0.39, 0.29) is 0 Å². The molecule has 0 aliphatic carbocycles. The van der Waals surface area contributed by atoms with Crippen LogP contribution in [0.2, 0.25) is 5.02 Å². The summed E-state index contributed by atoms with van der Waals surface area (Å²) in [6, 6.07) is 30.7. The standard InChI is InChI=1S/C14H9Cl.C6H6/c15-14-6-5-12-7-10-3-1-2-4-11(10)8-13(12)9-14;1-2-4-6-5-3-1/h1-9H;1-6H. The summed E-state index contributed by atoms with van der Waals surface area (Å²) >= 11 is 5.97. The Labute approximate surface area is 129 Å². The minimum absolute atomic E-state index is 0.790. The van der Waals surface area contributed by atoms with Gasteiger partial charge in [0, 0.05) is 5.02 Å². The van der Waals surface area contributed by atoms with E-state index in [0.29, 0.717) is 0 Å². The van der Waals surface area contributed by atoms with E-state index in [4.69, 9.17) is 11.6 Å². The molecule has 0 saturated heterocycles. The fourth-order valence-corrected chi connectivity index (χ4v) is 2.48. The number of benzene rings is 4. The van der Waals surface area contributed by atoms with Crippen molar-refractivity contribution >= 4 is 33.1 Å². The molecule has 0 aliphatic heterocycles. The van der Waals surface area contributed by atoms with Gasteiger partial charge >= 0.3 is 0 Å². The van der Waals surface area contributed by atoms with E-state index in [1.807, 2.05) is 48.5 Å². The van der Waals surface area contributed by atoms with Crippen LogP contribution in [0, 0.1) is 0 Å². The fraction of sp³-hybridized carbons (Fsp3) is 0. The van der Waals surface area contributed by atoms with Gasteiger partial charge in [-0.3, -0.25) is 0 Å². The van der Waals surface area contributed by atoms with Crippen molar-refractivity contribution in [1.29, 1.82) is 0 Å². The summed E-state index contributed by atoms with van der Waals surface area (Å²) in [5.41, 5.74) is 0. The van der Waals surface area contributed by atoms with Crippen LogP contribution in [0.15, 0.2) is 91.0 Å². The summed E-state index contributed by atoms with van der Waals surface area (Å²) < 4.78 is 0. The highest BCUT2D eigenvalue weighted by Gasteiger charge is 1.97. The molecule has 0 N–H and O–H groups in total. The van der Waals surface area contributed by atoms with Gasteiger partial charge in [0.2, 0.25) is 0 Å². The van der Waals surface area contributed by atoms with E-state index < -0.39 is 0 Å². The lowest BCUT2D eigenvalue weighted by Gasteiger charge is -2.02. The van der Waals surface area contributed by atoms with Gasteiger partial charge < -0.3 is 0 Å². The Morgan fingerprint density at radius 2 is 0.905 bits per heavy atom. The van der Waals surface area contributed by atoms with Crippen LogP contribution >= 0.6 is 11.6 Å². The number of rotatable bonds is 0. The summed E-state index contributed by atoms with van der Waals surface area (Å²) in [4.78, 5) is 0. The molecule has 0 bridgehead atoms. The van der Waals surface area contributed by atoms with Gasteiger partial charge in [0.1, 0.15) is 0 Å². The Hall–Kier alpha value is -2.31. The molecular weight excluding hydrogens is 276 g/mol. The van der Waals surface area contributed by atoms with Crippen LogP contribution in [0.5, 0.6) is 0 Å². The lowest BCUT2D eigenvalue weighted by atomic mass is 10.0. The predicted octanol–water partition coefficient (Wildman–Crippen LogP) is 6.33. The molecule has 21 heavy (non-hydrogen) atoms. The monoisotopic (exact) mass is 290 g/mol. The maximum atomic E-state index is 5.97. The van der Waals surface area contributed by atoms with Crippen LogP contribution in [-0.4, -0.2) is 0 Å². The van der Waals surface area contributed by atoms with E-state index in [0.717, 1.165) is 5.02 Å². The Kier molecular flexibility index (Phi) is 4.18. The first-order valence-electron chi connectivity index (χ1n) is 6.91. The molecule has 0 saturated carbocycles. The van der Waals surface area contributed by atoms with Gasteiger partial charge in [0.15, 0.2) is 0 Å². The smallest absolute Gasteiger partial charge is 0.0412 e. The van der Waals surface area contributed by atoms with Crippen molar-refractivity contribution in [3.8, 4) is 0 Å². The molecule has 4 rings (SSSR count). The van der Waals surface area contributed by atoms with Crippen molar-refractivity contribution < 1.29 is 0 Å². The summed E-state index contributed by atoms with van der Waals surface area (Å²) in [7, 11) is 0. The molecule has 0 atom stereocenters. The van der Waals surface area contributed by atoms with Gasteiger partial charge in [-0.1, -0.05) is 78.3 Å². The Bertz CT molecular complexity index is 824. The first-order chi connectivity index (χ1) is 10.3. The molecule has 0 amide bonds. The molecule has 0 aromatic heterocycles. The zero-order valence-corrected chi connectivity index (χ0v) is 12.3. The summed E-state index contributed by atoms with van der Waals surface area (Å²) in [5, 5.41) is 5.75. The maximum Gasteiger partial charge on any atom is 0.0412 e. The second kappa shape index (κ2) is 6.43. The highest BCUT2D eigenvalue weighted by Crippen LogP contribution is 2.24. The second-order valence-corrected chi connectivity index (χ2v) is 5.28. The van der Waals surface area contributed by atoms with E-state index in [2.05, 4.69) is 42.5 Å².